The number of aliphatic hydroxyl groups is 1. The van der Waals surface area contributed by atoms with E-state index in [1.165, 1.54) is 4.68 Å². The lowest BCUT2D eigenvalue weighted by Crippen LogP contribution is -2.31. The van der Waals surface area contributed by atoms with Gasteiger partial charge in [0, 0.05) is 13.0 Å². The lowest BCUT2D eigenvalue weighted by molar-refractivity contribution is -0.203. The second-order valence-corrected chi connectivity index (χ2v) is 4.43. The number of aryl methyl sites for hydroxylation is 2. The van der Waals surface area contributed by atoms with Crippen LogP contribution in [0.25, 0.3) is 0 Å². The van der Waals surface area contributed by atoms with Gasteiger partial charge in [0.15, 0.2) is 6.10 Å². The Hall–Kier alpha value is -0.560. The molecule has 1 aromatic rings. The molecule has 1 N–H and O–H groups in total. The third-order valence-electron chi connectivity index (χ3n) is 2.46. The SMILES string of the molecule is CCc1nn(CC)c(C[C@H](O)C(F)(F)F)c1Br. The smallest absolute Gasteiger partial charge is 0.383 e. The van der Waals surface area contributed by atoms with Gasteiger partial charge in [-0.15, -0.1) is 0 Å². The molecule has 0 unspecified atom stereocenters. The number of aliphatic hydroxyl groups excluding tert-OH is 1. The first-order valence-corrected chi connectivity index (χ1v) is 6.09. The fourth-order valence-corrected chi connectivity index (χ4v) is 2.24. The average Bonchev–Trinajstić information content (AvgIpc) is 2.54. The lowest BCUT2D eigenvalue weighted by Gasteiger charge is -2.15. The largest absolute Gasteiger partial charge is 0.414 e. The van der Waals surface area contributed by atoms with E-state index in [9.17, 15) is 13.2 Å². The van der Waals surface area contributed by atoms with Crippen molar-refractivity contribution in [2.75, 3.05) is 0 Å². The Balaban J connectivity index is 3.01. The van der Waals surface area contributed by atoms with Gasteiger partial charge in [-0.05, 0) is 29.3 Å². The van der Waals surface area contributed by atoms with Crippen molar-refractivity contribution in [1.29, 1.82) is 0 Å². The summed E-state index contributed by atoms with van der Waals surface area (Å²) in [5.74, 6) is 0. The zero-order valence-corrected chi connectivity index (χ0v) is 11.1. The van der Waals surface area contributed by atoms with E-state index < -0.39 is 18.7 Å². The fourth-order valence-electron chi connectivity index (χ4n) is 1.51. The maximum atomic E-state index is 12.3. The van der Waals surface area contributed by atoms with Crippen molar-refractivity contribution in [2.45, 2.75) is 45.5 Å². The van der Waals surface area contributed by atoms with Crippen LogP contribution in [0.15, 0.2) is 4.47 Å². The predicted molar refractivity (Wildman–Crippen MR) is 60.7 cm³/mol. The summed E-state index contributed by atoms with van der Waals surface area (Å²) in [6.07, 6.45) is -6.81. The van der Waals surface area contributed by atoms with Crippen LogP contribution in [0.3, 0.4) is 0 Å². The highest BCUT2D eigenvalue weighted by molar-refractivity contribution is 9.10. The molecule has 0 saturated heterocycles. The zero-order valence-electron chi connectivity index (χ0n) is 9.55. The molecule has 1 heterocycles. The second-order valence-electron chi connectivity index (χ2n) is 3.64. The lowest BCUT2D eigenvalue weighted by atomic mass is 10.1. The fraction of sp³-hybridized carbons (Fsp3) is 0.700. The third-order valence-corrected chi connectivity index (χ3v) is 3.37. The minimum Gasteiger partial charge on any atom is -0.383 e. The monoisotopic (exact) mass is 314 g/mol. The molecule has 98 valence electrons. The molecule has 1 aromatic heterocycles. The van der Waals surface area contributed by atoms with E-state index in [-0.39, 0.29) is 0 Å². The van der Waals surface area contributed by atoms with Gasteiger partial charge in [0.25, 0.3) is 0 Å². The van der Waals surface area contributed by atoms with Crippen LogP contribution in [0.1, 0.15) is 25.2 Å². The number of hydrogen-bond acceptors (Lipinski definition) is 2. The molecule has 0 saturated carbocycles. The highest BCUT2D eigenvalue weighted by atomic mass is 79.9. The summed E-state index contributed by atoms with van der Waals surface area (Å²) in [5.41, 5.74) is 1.09. The van der Waals surface area contributed by atoms with Gasteiger partial charge in [-0.1, -0.05) is 6.92 Å². The molecule has 0 amide bonds. The number of hydrogen-bond donors (Lipinski definition) is 1. The van der Waals surface area contributed by atoms with Crippen molar-refractivity contribution in [3.05, 3.63) is 15.9 Å². The molecule has 3 nitrogen and oxygen atoms in total. The topological polar surface area (TPSA) is 38.0 Å². The van der Waals surface area contributed by atoms with E-state index in [4.69, 9.17) is 5.11 Å². The van der Waals surface area contributed by atoms with Gasteiger partial charge in [-0.25, -0.2) is 0 Å². The molecule has 0 aliphatic heterocycles. The molecule has 0 spiro atoms. The Bertz CT molecular complexity index is 390. The van der Waals surface area contributed by atoms with Crippen molar-refractivity contribution in [3.8, 4) is 0 Å². The molecule has 1 atom stereocenters. The molecule has 7 heteroatoms. The van der Waals surface area contributed by atoms with Crippen LogP contribution in [0, 0.1) is 0 Å². The van der Waals surface area contributed by atoms with Crippen LogP contribution in [0.5, 0.6) is 0 Å². The van der Waals surface area contributed by atoms with E-state index in [0.29, 0.717) is 28.8 Å². The molecular formula is C10H14BrF3N2O. The average molecular weight is 315 g/mol. The minimum atomic E-state index is -4.60. The van der Waals surface area contributed by atoms with Crippen LogP contribution in [0.4, 0.5) is 13.2 Å². The standard InChI is InChI=1S/C10H14BrF3N2O/c1-3-6-9(11)7(16(4-2)15-6)5-8(17)10(12,13)14/h8,17H,3-5H2,1-2H3/t8-/m0/s1. The van der Waals surface area contributed by atoms with Gasteiger partial charge < -0.3 is 5.11 Å². The van der Waals surface area contributed by atoms with Crippen LogP contribution in [-0.4, -0.2) is 27.2 Å². The maximum Gasteiger partial charge on any atom is 0.414 e. The van der Waals surface area contributed by atoms with Crippen LogP contribution < -0.4 is 0 Å². The number of halogens is 4. The van der Waals surface area contributed by atoms with Crippen molar-refractivity contribution >= 4 is 15.9 Å². The van der Waals surface area contributed by atoms with Gasteiger partial charge >= 0.3 is 6.18 Å². The summed E-state index contributed by atoms with van der Waals surface area (Å²) in [4.78, 5) is 0. The number of alkyl halides is 3. The number of aromatic nitrogens is 2. The first-order valence-electron chi connectivity index (χ1n) is 5.30. The van der Waals surface area contributed by atoms with E-state index >= 15 is 0 Å². The Morgan fingerprint density at radius 2 is 2.00 bits per heavy atom. The quantitative estimate of drug-likeness (QED) is 0.928. The highest BCUT2D eigenvalue weighted by Gasteiger charge is 2.39. The van der Waals surface area contributed by atoms with Crippen molar-refractivity contribution in [2.24, 2.45) is 0 Å². The molecule has 17 heavy (non-hydrogen) atoms. The third kappa shape index (κ3) is 3.22. The molecule has 0 aliphatic carbocycles. The minimum absolute atomic E-state index is 0.383. The van der Waals surface area contributed by atoms with Gasteiger partial charge in [0.05, 0.1) is 15.9 Å². The summed E-state index contributed by atoms with van der Waals surface area (Å²) >= 11 is 3.24. The Kier molecular flexibility index (Phi) is 4.60. The van der Waals surface area contributed by atoms with Crippen LogP contribution >= 0.6 is 15.9 Å². The van der Waals surface area contributed by atoms with E-state index in [2.05, 4.69) is 21.0 Å². The van der Waals surface area contributed by atoms with Gasteiger partial charge in [0.1, 0.15) is 0 Å². The normalized spacial score (nSPS) is 14.1. The second kappa shape index (κ2) is 5.39. The molecule has 0 aromatic carbocycles. The van der Waals surface area contributed by atoms with E-state index in [1.54, 1.807) is 6.92 Å². The Labute approximate surface area is 106 Å². The summed E-state index contributed by atoms with van der Waals surface area (Å²) < 4.78 is 38.9. The summed E-state index contributed by atoms with van der Waals surface area (Å²) in [7, 11) is 0. The molecule has 1 rings (SSSR count). The maximum absolute atomic E-state index is 12.3. The van der Waals surface area contributed by atoms with Crippen LogP contribution in [-0.2, 0) is 19.4 Å². The molecule has 0 bridgehead atoms. The molecule has 0 aliphatic rings. The Morgan fingerprint density at radius 1 is 1.41 bits per heavy atom. The predicted octanol–water partition coefficient (Wildman–Crippen LogP) is 2.69. The van der Waals surface area contributed by atoms with Crippen molar-refractivity contribution in [3.63, 3.8) is 0 Å². The number of rotatable bonds is 4. The van der Waals surface area contributed by atoms with Gasteiger partial charge in [0.2, 0.25) is 0 Å². The molecule has 0 radical (unpaired) electrons. The van der Waals surface area contributed by atoms with Crippen molar-refractivity contribution in [1.82, 2.24) is 9.78 Å². The number of nitrogens with zero attached hydrogens (tertiary/aromatic N) is 2. The zero-order chi connectivity index (χ0) is 13.2. The van der Waals surface area contributed by atoms with Gasteiger partial charge in [-0.2, -0.15) is 18.3 Å². The summed E-state index contributed by atoms with van der Waals surface area (Å²) in [5, 5.41) is 13.3. The van der Waals surface area contributed by atoms with E-state index in [1.807, 2.05) is 6.92 Å². The van der Waals surface area contributed by atoms with Crippen molar-refractivity contribution < 1.29 is 18.3 Å². The van der Waals surface area contributed by atoms with Gasteiger partial charge in [-0.3, -0.25) is 4.68 Å². The molecule has 0 fully saturated rings. The summed E-state index contributed by atoms with van der Waals surface area (Å²) in [6, 6.07) is 0. The summed E-state index contributed by atoms with van der Waals surface area (Å²) in [6.45, 7) is 4.14. The molecular weight excluding hydrogens is 301 g/mol. The van der Waals surface area contributed by atoms with E-state index in [0.717, 1.165) is 0 Å². The highest BCUT2D eigenvalue weighted by Crippen LogP contribution is 2.28. The van der Waals surface area contributed by atoms with Crippen LogP contribution in [0.2, 0.25) is 0 Å². The Morgan fingerprint density at radius 3 is 2.41 bits per heavy atom. The first-order chi connectivity index (χ1) is 7.81. The first kappa shape index (κ1) is 14.5.